The third-order valence-corrected chi connectivity index (χ3v) is 6.36. The molecule has 274 valence electrons. The molecule has 0 saturated carbocycles. The maximum Gasteiger partial charge on any atom is 0.416 e. The van der Waals surface area contributed by atoms with Gasteiger partial charge in [-0.15, -0.1) is 13.2 Å². The number of nitrogens with one attached hydrogen (secondary N) is 1. The smallest absolute Gasteiger partial charge is 0.416 e. The third kappa shape index (κ3) is 17.4. The molecule has 1 aliphatic rings. The molecule has 2 rings (SSSR count). The van der Waals surface area contributed by atoms with Crippen LogP contribution in [0.2, 0.25) is 0 Å². The highest BCUT2D eigenvalue weighted by Crippen LogP contribution is 2.35. The van der Waals surface area contributed by atoms with Crippen molar-refractivity contribution >= 4 is 23.8 Å². The standard InChI is InChI=1S/C31H36F3N3O4.3C2H6.C2H4/c1-5-8-9-14-27(29(39)18-22-12-10-11-13-23(17-22)30(40)41)36-35-21(4)26-16-15-24(31(32,33)34)19-28(26)37(20-38)25(6-2)7-3;4*1-2/h5-6,8,10,12-13,15-20,27,36,39H,7,9,11,14H2,1-4H3,(H,40,41);3*1-2H3;1-2H2/b8-5-,25-6+,29-18-,35-21+;;;;. The fourth-order valence-corrected chi connectivity index (χ4v) is 4.14. The van der Waals surface area contributed by atoms with Gasteiger partial charge in [-0.1, -0.05) is 91.0 Å². The van der Waals surface area contributed by atoms with Crippen LogP contribution in [0.3, 0.4) is 0 Å². The molecule has 1 aromatic carbocycles. The average molecular weight is 690 g/mol. The van der Waals surface area contributed by atoms with Gasteiger partial charge in [-0.2, -0.15) is 18.3 Å². The van der Waals surface area contributed by atoms with E-state index in [4.69, 9.17) is 0 Å². The predicted octanol–water partition coefficient (Wildman–Crippen LogP) is 11.2. The lowest BCUT2D eigenvalue weighted by Gasteiger charge is -2.24. The highest BCUT2D eigenvalue weighted by molar-refractivity contribution is 6.05. The molecule has 1 aromatic rings. The van der Waals surface area contributed by atoms with Gasteiger partial charge in [0.25, 0.3) is 0 Å². The quantitative estimate of drug-likeness (QED) is 0.0629. The van der Waals surface area contributed by atoms with Crippen LogP contribution in [0.5, 0.6) is 0 Å². The number of nitrogens with zero attached hydrogens (tertiary/aromatic N) is 2. The number of halogens is 3. The second-order valence-electron chi connectivity index (χ2n) is 9.18. The molecular formula is C39H58F3N3O4. The molecule has 1 amide bonds. The Balaban J connectivity index is -0.00000245. The van der Waals surface area contributed by atoms with Crippen LogP contribution in [0.15, 0.2) is 108 Å². The number of aliphatic carboxylic acids is 1. The van der Waals surface area contributed by atoms with Crippen molar-refractivity contribution in [1.82, 2.24) is 5.43 Å². The summed E-state index contributed by atoms with van der Waals surface area (Å²) in [5, 5.41) is 24.7. The van der Waals surface area contributed by atoms with Crippen molar-refractivity contribution in [3.8, 4) is 0 Å². The molecule has 0 heterocycles. The van der Waals surface area contributed by atoms with Crippen molar-refractivity contribution in [2.75, 3.05) is 4.90 Å². The molecule has 10 heteroatoms. The number of hydrogen-bond donors (Lipinski definition) is 3. The molecule has 0 aromatic heterocycles. The number of rotatable bonds is 13. The van der Waals surface area contributed by atoms with Crippen LogP contribution in [0.1, 0.15) is 106 Å². The summed E-state index contributed by atoms with van der Waals surface area (Å²) in [5.74, 6) is -1.18. The van der Waals surface area contributed by atoms with E-state index in [0.717, 1.165) is 12.1 Å². The molecule has 0 saturated heterocycles. The van der Waals surface area contributed by atoms with Gasteiger partial charge in [0, 0.05) is 11.3 Å². The minimum atomic E-state index is -4.61. The fraction of sp³-hybridized carbons (Fsp3) is 0.410. The summed E-state index contributed by atoms with van der Waals surface area (Å²) >= 11 is 0. The summed E-state index contributed by atoms with van der Waals surface area (Å²) in [7, 11) is 0. The SMILES string of the molecule is C/C=C\CCC(N/N=C(\C)c1ccc(C(F)(F)F)cc1N(C=O)/C(=C/C)CC)/C(O)=C/C1=CC(C(=O)O)=CCC=C1.C=C.CC.CC.CC. The first-order chi connectivity index (χ1) is 23.5. The van der Waals surface area contributed by atoms with Gasteiger partial charge in [-0.25, -0.2) is 4.79 Å². The molecular weight excluding hydrogens is 631 g/mol. The number of carbonyl (C=O) groups excluding carboxylic acids is 1. The first kappa shape index (κ1) is 48.8. The van der Waals surface area contributed by atoms with E-state index < -0.39 is 23.8 Å². The number of hydrazone groups is 1. The highest BCUT2D eigenvalue weighted by Gasteiger charge is 2.32. The maximum atomic E-state index is 13.6. The molecule has 0 radical (unpaired) electrons. The Hall–Kier alpha value is -4.60. The number of anilines is 1. The molecule has 7 nitrogen and oxygen atoms in total. The third-order valence-electron chi connectivity index (χ3n) is 6.36. The maximum absolute atomic E-state index is 13.6. The number of alkyl halides is 3. The monoisotopic (exact) mass is 689 g/mol. The molecule has 1 aliphatic carbocycles. The van der Waals surface area contributed by atoms with Crippen LogP contribution in [-0.4, -0.2) is 34.3 Å². The number of aliphatic hydroxyl groups excluding tert-OH is 1. The zero-order chi connectivity index (χ0) is 38.6. The summed E-state index contributed by atoms with van der Waals surface area (Å²) in [4.78, 5) is 24.7. The molecule has 3 N–H and O–H groups in total. The molecule has 0 bridgehead atoms. The van der Waals surface area contributed by atoms with Gasteiger partial charge < -0.3 is 10.2 Å². The van der Waals surface area contributed by atoms with Crippen LogP contribution in [0, 0.1) is 0 Å². The van der Waals surface area contributed by atoms with Crippen molar-refractivity contribution in [1.29, 1.82) is 0 Å². The van der Waals surface area contributed by atoms with Crippen molar-refractivity contribution in [3.05, 3.63) is 114 Å². The summed E-state index contributed by atoms with van der Waals surface area (Å²) in [6.07, 6.45) is 11.1. The van der Waals surface area contributed by atoms with Crippen LogP contribution < -0.4 is 10.3 Å². The van der Waals surface area contributed by atoms with E-state index in [9.17, 15) is 33.0 Å². The van der Waals surface area contributed by atoms with E-state index in [2.05, 4.69) is 23.7 Å². The Kier molecular flexibility index (Phi) is 28.3. The van der Waals surface area contributed by atoms with Gasteiger partial charge in [-0.3, -0.25) is 15.1 Å². The summed E-state index contributed by atoms with van der Waals surface area (Å²) in [5.41, 5.74) is 3.73. The number of carboxylic acid groups (broad SMARTS) is 1. The van der Waals surface area contributed by atoms with Gasteiger partial charge in [0.2, 0.25) is 6.41 Å². The Morgan fingerprint density at radius 3 is 2.20 bits per heavy atom. The molecule has 0 fully saturated rings. The zero-order valence-corrected chi connectivity index (χ0v) is 31.0. The van der Waals surface area contributed by atoms with Gasteiger partial charge >= 0.3 is 12.1 Å². The second kappa shape index (κ2) is 28.4. The second-order valence-corrected chi connectivity index (χ2v) is 9.18. The highest BCUT2D eigenvalue weighted by atomic mass is 19.4. The lowest BCUT2D eigenvalue weighted by atomic mass is 10.0. The topological polar surface area (TPSA) is 102 Å². The number of carboxylic acids is 1. The zero-order valence-electron chi connectivity index (χ0n) is 31.0. The fourth-order valence-electron chi connectivity index (χ4n) is 4.14. The Bertz CT molecular complexity index is 1340. The number of allylic oxidation sites excluding steroid dienone is 9. The van der Waals surface area contributed by atoms with E-state index in [-0.39, 0.29) is 17.0 Å². The van der Waals surface area contributed by atoms with Crippen molar-refractivity contribution in [3.63, 3.8) is 0 Å². The Labute approximate surface area is 292 Å². The normalized spacial score (nSPS) is 13.6. The Morgan fingerprint density at radius 2 is 1.71 bits per heavy atom. The summed E-state index contributed by atoms with van der Waals surface area (Å²) in [6.45, 7) is 24.9. The minimum Gasteiger partial charge on any atom is -0.510 e. The van der Waals surface area contributed by atoms with E-state index in [1.807, 2.05) is 60.6 Å². The van der Waals surface area contributed by atoms with Crippen LogP contribution in [-0.2, 0) is 15.8 Å². The van der Waals surface area contributed by atoms with E-state index in [1.165, 1.54) is 23.1 Å². The van der Waals surface area contributed by atoms with Crippen LogP contribution >= 0.6 is 0 Å². The lowest BCUT2D eigenvalue weighted by molar-refractivity contribution is -0.137. The predicted molar refractivity (Wildman–Crippen MR) is 201 cm³/mol. The van der Waals surface area contributed by atoms with Crippen molar-refractivity contribution in [2.45, 2.75) is 107 Å². The molecule has 0 spiro atoms. The summed E-state index contributed by atoms with van der Waals surface area (Å²) in [6, 6.07) is 2.42. The molecule has 1 atom stereocenters. The summed E-state index contributed by atoms with van der Waals surface area (Å²) < 4.78 is 40.7. The van der Waals surface area contributed by atoms with Gasteiger partial charge in [-0.05, 0) is 76.3 Å². The molecule has 49 heavy (non-hydrogen) atoms. The molecule has 1 unspecified atom stereocenters. The van der Waals surface area contributed by atoms with Gasteiger partial charge in [0.15, 0.2) is 0 Å². The number of amides is 1. The first-order valence-corrected chi connectivity index (χ1v) is 16.7. The van der Waals surface area contributed by atoms with Crippen LogP contribution in [0.25, 0.3) is 0 Å². The lowest BCUT2D eigenvalue weighted by Crippen LogP contribution is -2.28. The number of aliphatic hydroxyl groups is 1. The van der Waals surface area contributed by atoms with E-state index >= 15 is 0 Å². The van der Waals surface area contributed by atoms with E-state index in [0.29, 0.717) is 54.6 Å². The number of benzene rings is 1. The van der Waals surface area contributed by atoms with Crippen LogP contribution in [0.4, 0.5) is 18.9 Å². The minimum absolute atomic E-state index is 0.0276. The average Bonchev–Trinajstić information content (AvgIpc) is 3.37. The van der Waals surface area contributed by atoms with E-state index in [1.54, 1.807) is 45.1 Å². The van der Waals surface area contributed by atoms with Crippen molar-refractivity contribution in [2.24, 2.45) is 5.10 Å². The Morgan fingerprint density at radius 1 is 1.10 bits per heavy atom. The van der Waals surface area contributed by atoms with Gasteiger partial charge in [0.1, 0.15) is 11.8 Å². The van der Waals surface area contributed by atoms with Gasteiger partial charge in [0.05, 0.1) is 22.5 Å². The first-order valence-electron chi connectivity index (χ1n) is 16.7. The molecule has 0 aliphatic heterocycles. The number of hydrogen-bond acceptors (Lipinski definition) is 5. The number of carbonyl (C=O) groups is 2. The largest absolute Gasteiger partial charge is 0.510 e. The van der Waals surface area contributed by atoms with Crippen molar-refractivity contribution < 1.29 is 33.0 Å².